The summed E-state index contributed by atoms with van der Waals surface area (Å²) < 4.78 is 20.8. The first-order valence-corrected chi connectivity index (χ1v) is 10.5. The van der Waals surface area contributed by atoms with E-state index in [9.17, 15) is 24.5 Å². The minimum atomic E-state index is -0.976. The van der Waals surface area contributed by atoms with Crippen molar-refractivity contribution in [3.63, 3.8) is 0 Å². The zero-order chi connectivity index (χ0) is 25.4. The Morgan fingerprint density at radius 3 is 2.69 bits per heavy atom. The smallest absolute Gasteiger partial charge is 0.340 e. The SMILES string of the molecule is CCOC(=O)C1=C(COC(=O)c2cc([N+](=O)[O-])ccc2NCCOC)NC(=O)N[C@@H]1c1ccco1. The number of ether oxygens (including phenoxy) is 3. The molecule has 1 aliphatic heterocycles. The van der Waals surface area contributed by atoms with Gasteiger partial charge >= 0.3 is 18.0 Å². The fourth-order valence-corrected chi connectivity index (χ4v) is 3.32. The highest BCUT2D eigenvalue weighted by Gasteiger charge is 2.36. The van der Waals surface area contributed by atoms with Crippen molar-refractivity contribution in [2.45, 2.75) is 13.0 Å². The van der Waals surface area contributed by atoms with Crippen LogP contribution in [0.15, 0.2) is 52.3 Å². The Morgan fingerprint density at radius 2 is 2.03 bits per heavy atom. The lowest BCUT2D eigenvalue weighted by Crippen LogP contribution is -2.47. The van der Waals surface area contributed by atoms with E-state index < -0.39 is 35.5 Å². The lowest BCUT2D eigenvalue weighted by atomic mass is 10.0. The zero-order valence-corrected chi connectivity index (χ0v) is 19.0. The number of nitro groups is 1. The van der Waals surface area contributed by atoms with Gasteiger partial charge in [0, 0.05) is 31.5 Å². The van der Waals surface area contributed by atoms with Crippen molar-refractivity contribution < 1.29 is 37.9 Å². The molecule has 35 heavy (non-hydrogen) atoms. The molecular weight excluding hydrogens is 464 g/mol. The summed E-state index contributed by atoms with van der Waals surface area (Å²) in [5.41, 5.74) is -0.141. The number of nitrogens with zero attached hydrogens (tertiary/aromatic N) is 1. The third kappa shape index (κ3) is 6.14. The molecule has 0 unspecified atom stereocenters. The number of nitro benzene ring substituents is 1. The van der Waals surface area contributed by atoms with Crippen molar-refractivity contribution in [3.05, 3.63) is 69.3 Å². The number of methoxy groups -OCH3 is 1. The molecule has 2 aromatic rings. The first-order chi connectivity index (χ1) is 16.8. The fraction of sp³-hybridized carbons (Fsp3) is 0.318. The molecule has 0 radical (unpaired) electrons. The van der Waals surface area contributed by atoms with E-state index in [2.05, 4.69) is 16.0 Å². The second kappa shape index (κ2) is 11.7. The topological polar surface area (TPSA) is 171 Å². The number of carbonyl (C=O) groups excluding carboxylic acids is 3. The quantitative estimate of drug-likeness (QED) is 0.184. The highest BCUT2D eigenvalue weighted by atomic mass is 16.6. The average Bonchev–Trinajstić information content (AvgIpc) is 3.37. The van der Waals surface area contributed by atoms with Crippen molar-refractivity contribution in [3.8, 4) is 0 Å². The molecule has 1 aliphatic rings. The summed E-state index contributed by atoms with van der Waals surface area (Å²) >= 11 is 0. The van der Waals surface area contributed by atoms with Gasteiger partial charge in [0.25, 0.3) is 5.69 Å². The Labute approximate surface area is 199 Å². The molecule has 1 aromatic heterocycles. The molecule has 0 spiro atoms. The van der Waals surface area contributed by atoms with Crippen molar-refractivity contribution >= 4 is 29.3 Å². The minimum absolute atomic E-state index is 0.00770. The Hall–Kier alpha value is -4.39. The number of rotatable bonds is 11. The molecule has 2 heterocycles. The fourth-order valence-electron chi connectivity index (χ4n) is 3.32. The predicted molar refractivity (Wildman–Crippen MR) is 121 cm³/mol. The summed E-state index contributed by atoms with van der Waals surface area (Å²) in [5.74, 6) is -1.38. The highest BCUT2D eigenvalue weighted by molar-refractivity contribution is 5.97. The lowest BCUT2D eigenvalue weighted by Gasteiger charge is -2.27. The zero-order valence-electron chi connectivity index (χ0n) is 19.0. The molecule has 3 rings (SSSR count). The normalized spacial score (nSPS) is 15.1. The van der Waals surface area contributed by atoms with Crippen LogP contribution >= 0.6 is 0 Å². The maximum atomic E-state index is 12.9. The number of nitrogens with one attached hydrogen (secondary N) is 3. The summed E-state index contributed by atoms with van der Waals surface area (Å²) in [4.78, 5) is 48.4. The number of amides is 2. The molecule has 1 aromatic carbocycles. The van der Waals surface area contributed by atoms with E-state index in [4.69, 9.17) is 18.6 Å². The molecule has 3 N–H and O–H groups in total. The molecule has 2 amide bonds. The van der Waals surface area contributed by atoms with Crippen LogP contribution in [0.2, 0.25) is 0 Å². The number of urea groups is 1. The van der Waals surface area contributed by atoms with Gasteiger partial charge in [-0.15, -0.1) is 0 Å². The Bertz CT molecular complexity index is 1130. The third-order valence-corrected chi connectivity index (χ3v) is 4.88. The van der Waals surface area contributed by atoms with Crippen LogP contribution in [0.3, 0.4) is 0 Å². The second-order valence-electron chi connectivity index (χ2n) is 7.14. The van der Waals surface area contributed by atoms with Gasteiger partial charge in [0.05, 0.1) is 41.2 Å². The van der Waals surface area contributed by atoms with E-state index in [1.54, 1.807) is 19.1 Å². The summed E-state index contributed by atoms with van der Waals surface area (Å²) in [5, 5.41) is 19.2. The van der Waals surface area contributed by atoms with E-state index in [1.807, 2.05) is 0 Å². The summed E-state index contributed by atoms with van der Waals surface area (Å²) in [6.45, 7) is 1.83. The lowest BCUT2D eigenvalue weighted by molar-refractivity contribution is -0.384. The number of anilines is 1. The van der Waals surface area contributed by atoms with Crippen LogP contribution in [0.1, 0.15) is 29.1 Å². The molecule has 1 atom stereocenters. The largest absolute Gasteiger partial charge is 0.467 e. The van der Waals surface area contributed by atoms with Crippen molar-refractivity contribution in [2.75, 3.05) is 38.8 Å². The number of hydrogen-bond donors (Lipinski definition) is 3. The van der Waals surface area contributed by atoms with Crippen molar-refractivity contribution in [1.29, 1.82) is 0 Å². The van der Waals surface area contributed by atoms with Crippen LogP contribution in [-0.2, 0) is 19.0 Å². The molecule has 13 nitrogen and oxygen atoms in total. The predicted octanol–water partition coefficient (Wildman–Crippen LogP) is 2.27. The first-order valence-electron chi connectivity index (χ1n) is 10.5. The number of furan rings is 1. The maximum Gasteiger partial charge on any atom is 0.340 e. The number of esters is 2. The van der Waals surface area contributed by atoms with Gasteiger partial charge in [-0.2, -0.15) is 0 Å². The molecule has 0 aliphatic carbocycles. The molecule has 13 heteroatoms. The second-order valence-corrected chi connectivity index (χ2v) is 7.14. The van der Waals surface area contributed by atoms with Crippen molar-refractivity contribution in [1.82, 2.24) is 10.6 Å². The van der Waals surface area contributed by atoms with Crippen LogP contribution in [0, 0.1) is 10.1 Å². The average molecular weight is 488 g/mol. The molecule has 0 bridgehead atoms. The van der Waals surface area contributed by atoms with Crippen molar-refractivity contribution in [2.24, 2.45) is 0 Å². The van der Waals surface area contributed by atoms with Gasteiger partial charge in [-0.1, -0.05) is 0 Å². The molecule has 0 saturated heterocycles. The molecule has 0 fully saturated rings. The van der Waals surface area contributed by atoms with Crippen LogP contribution in [0.4, 0.5) is 16.2 Å². The molecule has 0 saturated carbocycles. The monoisotopic (exact) mass is 488 g/mol. The van der Waals surface area contributed by atoms with Crippen LogP contribution in [0.5, 0.6) is 0 Å². The van der Waals surface area contributed by atoms with E-state index in [1.165, 1.54) is 25.5 Å². The van der Waals surface area contributed by atoms with E-state index in [-0.39, 0.29) is 34.9 Å². The van der Waals surface area contributed by atoms with Crippen LogP contribution in [0.25, 0.3) is 0 Å². The van der Waals surface area contributed by atoms with Gasteiger partial charge in [0.2, 0.25) is 0 Å². The third-order valence-electron chi connectivity index (χ3n) is 4.88. The minimum Gasteiger partial charge on any atom is -0.467 e. The Balaban J connectivity index is 1.90. The van der Waals surface area contributed by atoms with Gasteiger partial charge < -0.3 is 34.6 Å². The Kier molecular flexibility index (Phi) is 8.40. The summed E-state index contributed by atoms with van der Waals surface area (Å²) in [6, 6.07) is 5.23. The number of benzene rings is 1. The standard InChI is InChI=1S/C22H24N4O9/c1-3-33-21(28)18-16(24-22(29)25-19(18)17-5-4-9-34-17)12-35-20(27)14-11-13(26(30)31)6-7-15(14)23-8-10-32-2/h4-7,9,11,19,23H,3,8,10,12H2,1-2H3,(H2,24,25,29)/t19-/m1/s1. The number of hydrogen-bond acceptors (Lipinski definition) is 10. The van der Waals surface area contributed by atoms with E-state index in [0.29, 0.717) is 18.8 Å². The number of non-ortho nitro benzene ring substituents is 1. The van der Waals surface area contributed by atoms with Gasteiger partial charge in [0.15, 0.2) is 0 Å². The van der Waals surface area contributed by atoms with Crippen LogP contribution in [-0.4, -0.2) is 56.4 Å². The number of carbonyl (C=O) groups is 3. The first kappa shape index (κ1) is 25.2. The van der Waals surface area contributed by atoms with Gasteiger partial charge in [-0.3, -0.25) is 10.1 Å². The van der Waals surface area contributed by atoms with Gasteiger partial charge in [0.1, 0.15) is 18.4 Å². The molecular formula is C22H24N4O9. The summed E-state index contributed by atoms with van der Waals surface area (Å²) in [7, 11) is 1.50. The van der Waals surface area contributed by atoms with E-state index >= 15 is 0 Å². The van der Waals surface area contributed by atoms with E-state index in [0.717, 1.165) is 6.07 Å². The highest BCUT2D eigenvalue weighted by Crippen LogP contribution is 2.29. The van der Waals surface area contributed by atoms with Gasteiger partial charge in [-0.05, 0) is 25.1 Å². The maximum absolute atomic E-state index is 12.9. The molecule has 186 valence electrons. The van der Waals surface area contributed by atoms with Gasteiger partial charge in [-0.25, -0.2) is 14.4 Å². The van der Waals surface area contributed by atoms with Crippen LogP contribution < -0.4 is 16.0 Å². The Morgan fingerprint density at radius 1 is 1.23 bits per heavy atom. The summed E-state index contributed by atoms with van der Waals surface area (Å²) in [6.07, 6.45) is 1.38.